The minimum Gasteiger partial charge on any atom is -0.465 e. The number of nitrogens with zero attached hydrogens (tertiary/aromatic N) is 3. The predicted molar refractivity (Wildman–Crippen MR) is 108 cm³/mol. The summed E-state index contributed by atoms with van der Waals surface area (Å²) in [5.41, 5.74) is 2.20. The summed E-state index contributed by atoms with van der Waals surface area (Å²) in [6.07, 6.45) is 2.87. The molecular weight excluding hydrogens is 370 g/mol. The van der Waals surface area contributed by atoms with Gasteiger partial charge in [0.15, 0.2) is 0 Å². The maximum atomic E-state index is 12.4. The number of carbonyl (C=O) groups excluding carboxylic acids is 2. The lowest BCUT2D eigenvalue weighted by molar-refractivity contribution is 0.0244. The Kier molecular flexibility index (Phi) is 6.94. The normalized spacial score (nSPS) is 10.8. The van der Waals surface area contributed by atoms with Crippen molar-refractivity contribution in [2.45, 2.75) is 39.8 Å². The molecule has 0 aliphatic heterocycles. The molecule has 0 bridgehead atoms. The highest BCUT2D eigenvalue weighted by Gasteiger charge is 2.21. The minimum absolute atomic E-state index is 0.310. The molecule has 0 spiro atoms. The number of methoxy groups -OCH3 is 1. The number of hydrogen-bond acceptors (Lipinski definition) is 6. The van der Waals surface area contributed by atoms with Crippen LogP contribution in [-0.2, 0) is 16.0 Å². The fourth-order valence-electron chi connectivity index (χ4n) is 2.70. The average molecular weight is 395 g/mol. The topological polar surface area (TPSA) is 92.5 Å². The van der Waals surface area contributed by atoms with E-state index in [1.807, 2.05) is 33.8 Å². The van der Waals surface area contributed by atoms with Crippen LogP contribution in [-0.4, -0.2) is 41.2 Å². The summed E-state index contributed by atoms with van der Waals surface area (Å²) in [6.45, 7) is 8.11. The summed E-state index contributed by atoms with van der Waals surface area (Å²) in [6, 6.07) is 8.71. The minimum atomic E-state index is -0.583. The lowest BCUT2D eigenvalue weighted by Gasteiger charge is -2.26. The van der Waals surface area contributed by atoms with Crippen LogP contribution in [0.2, 0.25) is 0 Å². The van der Waals surface area contributed by atoms with Gasteiger partial charge in [0.1, 0.15) is 5.60 Å². The van der Waals surface area contributed by atoms with E-state index in [9.17, 15) is 14.9 Å². The van der Waals surface area contributed by atoms with Crippen molar-refractivity contribution in [2.75, 3.05) is 13.7 Å². The van der Waals surface area contributed by atoms with E-state index >= 15 is 0 Å². The van der Waals surface area contributed by atoms with Crippen LogP contribution in [0.5, 0.6) is 0 Å². The van der Waals surface area contributed by atoms with Crippen LogP contribution in [0.1, 0.15) is 49.2 Å². The molecule has 0 aliphatic rings. The number of benzene rings is 1. The molecular formula is C22H25N3O4. The predicted octanol–water partition coefficient (Wildman–Crippen LogP) is 4.16. The standard InChI is InChI=1S/C22H25N3O4/c1-6-25(21(27)29-22(2,3)4)14-15-9-18(13-24-12-15)19-10-16(20(26)28-5)7-8-17(19)11-23/h7-10,12-13H,6,14H2,1-5H3. The molecule has 2 aromatic rings. The van der Waals surface area contributed by atoms with Gasteiger partial charge in [-0.2, -0.15) is 5.26 Å². The Balaban J connectivity index is 2.35. The van der Waals surface area contributed by atoms with Crippen LogP contribution >= 0.6 is 0 Å². The van der Waals surface area contributed by atoms with Gasteiger partial charge >= 0.3 is 12.1 Å². The number of amides is 1. The second kappa shape index (κ2) is 9.20. The van der Waals surface area contributed by atoms with Crippen molar-refractivity contribution in [3.05, 3.63) is 53.3 Å². The fraction of sp³-hybridized carbons (Fsp3) is 0.364. The van der Waals surface area contributed by atoms with Gasteiger partial charge in [0.25, 0.3) is 0 Å². The summed E-state index contributed by atoms with van der Waals surface area (Å²) in [4.78, 5) is 30.1. The Morgan fingerprint density at radius 3 is 2.52 bits per heavy atom. The third-order valence-electron chi connectivity index (χ3n) is 4.07. The van der Waals surface area contributed by atoms with Gasteiger partial charge in [0.05, 0.1) is 30.9 Å². The first kappa shape index (κ1) is 21.9. The van der Waals surface area contributed by atoms with Crippen LogP contribution in [0.4, 0.5) is 4.79 Å². The van der Waals surface area contributed by atoms with Crippen LogP contribution in [0.25, 0.3) is 11.1 Å². The van der Waals surface area contributed by atoms with Crippen LogP contribution < -0.4 is 0 Å². The highest BCUT2D eigenvalue weighted by atomic mass is 16.6. The molecule has 1 aromatic carbocycles. The van der Waals surface area contributed by atoms with Gasteiger partial charge in [-0.1, -0.05) is 0 Å². The first-order valence-electron chi connectivity index (χ1n) is 9.23. The van der Waals surface area contributed by atoms with Crippen molar-refractivity contribution < 1.29 is 19.1 Å². The van der Waals surface area contributed by atoms with E-state index in [0.717, 1.165) is 5.56 Å². The lowest BCUT2D eigenvalue weighted by Crippen LogP contribution is -2.36. The van der Waals surface area contributed by atoms with Gasteiger partial charge in [-0.25, -0.2) is 9.59 Å². The summed E-state index contributed by atoms with van der Waals surface area (Å²) in [5, 5.41) is 9.44. The first-order chi connectivity index (χ1) is 13.7. The van der Waals surface area contributed by atoms with E-state index < -0.39 is 17.7 Å². The van der Waals surface area contributed by atoms with Crippen molar-refractivity contribution in [3.63, 3.8) is 0 Å². The largest absolute Gasteiger partial charge is 0.465 e. The molecule has 0 saturated heterocycles. The van der Waals surface area contributed by atoms with Crippen molar-refractivity contribution in [2.24, 2.45) is 0 Å². The average Bonchev–Trinajstić information content (AvgIpc) is 2.69. The van der Waals surface area contributed by atoms with E-state index in [-0.39, 0.29) is 0 Å². The van der Waals surface area contributed by atoms with E-state index in [2.05, 4.69) is 11.1 Å². The monoisotopic (exact) mass is 395 g/mol. The van der Waals surface area contributed by atoms with E-state index in [0.29, 0.717) is 35.3 Å². The summed E-state index contributed by atoms with van der Waals surface area (Å²) < 4.78 is 10.2. The molecule has 0 aliphatic carbocycles. The lowest BCUT2D eigenvalue weighted by atomic mass is 9.98. The molecule has 2 rings (SSSR count). The number of hydrogen-bond donors (Lipinski definition) is 0. The zero-order valence-corrected chi connectivity index (χ0v) is 17.4. The third kappa shape index (κ3) is 5.79. The Morgan fingerprint density at radius 2 is 1.93 bits per heavy atom. The molecule has 0 N–H and O–H groups in total. The van der Waals surface area contributed by atoms with Gasteiger partial charge in [-0.15, -0.1) is 0 Å². The second-order valence-corrected chi connectivity index (χ2v) is 7.44. The Labute approximate surface area is 170 Å². The molecule has 1 amide bonds. The van der Waals surface area contributed by atoms with E-state index in [1.165, 1.54) is 7.11 Å². The molecule has 0 unspecified atom stereocenters. The Bertz CT molecular complexity index is 942. The molecule has 1 heterocycles. The number of nitriles is 1. The number of rotatable bonds is 5. The fourth-order valence-corrected chi connectivity index (χ4v) is 2.70. The second-order valence-electron chi connectivity index (χ2n) is 7.44. The molecule has 0 fully saturated rings. The van der Waals surface area contributed by atoms with Crippen molar-refractivity contribution in [3.8, 4) is 17.2 Å². The van der Waals surface area contributed by atoms with Gasteiger partial charge in [0, 0.05) is 30.1 Å². The highest BCUT2D eigenvalue weighted by molar-refractivity contribution is 5.91. The van der Waals surface area contributed by atoms with E-state index in [1.54, 1.807) is 35.5 Å². The molecule has 0 saturated carbocycles. The molecule has 0 radical (unpaired) electrons. The summed E-state index contributed by atoms with van der Waals surface area (Å²) in [7, 11) is 1.30. The first-order valence-corrected chi connectivity index (χ1v) is 9.23. The van der Waals surface area contributed by atoms with Gasteiger partial charge < -0.3 is 14.4 Å². The van der Waals surface area contributed by atoms with Crippen molar-refractivity contribution in [1.82, 2.24) is 9.88 Å². The van der Waals surface area contributed by atoms with Gasteiger partial charge in [-0.05, 0) is 57.5 Å². The molecule has 0 atom stereocenters. The molecule has 1 aromatic heterocycles. The highest BCUT2D eigenvalue weighted by Crippen LogP contribution is 2.26. The van der Waals surface area contributed by atoms with Crippen LogP contribution in [0.15, 0.2) is 36.7 Å². The number of ether oxygens (including phenoxy) is 2. The smallest absolute Gasteiger partial charge is 0.410 e. The van der Waals surface area contributed by atoms with Gasteiger partial charge in [0.2, 0.25) is 0 Å². The van der Waals surface area contributed by atoms with Crippen molar-refractivity contribution >= 4 is 12.1 Å². The molecule has 7 heteroatoms. The third-order valence-corrected chi connectivity index (χ3v) is 4.07. The SMILES string of the molecule is CCN(Cc1cncc(-c2cc(C(=O)OC)ccc2C#N)c1)C(=O)OC(C)(C)C. The van der Waals surface area contributed by atoms with Crippen molar-refractivity contribution in [1.29, 1.82) is 5.26 Å². The number of esters is 1. The molecule has 29 heavy (non-hydrogen) atoms. The molecule has 152 valence electrons. The zero-order valence-electron chi connectivity index (χ0n) is 17.4. The quantitative estimate of drug-likeness (QED) is 0.706. The number of aromatic nitrogens is 1. The maximum Gasteiger partial charge on any atom is 0.410 e. The summed E-state index contributed by atoms with van der Waals surface area (Å²) in [5.74, 6) is -0.484. The van der Waals surface area contributed by atoms with Crippen LogP contribution in [0.3, 0.4) is 0 Å². The zero-order chi connectivity index (χ0) is 21.6. The van der Waals surface area contributed by atoms with Crippen LogP contribution in [0, 0.1) is 11.3 Å². The maximum absolute atomic E-state index is 12.4. The van der Waals surface area contributed by atoms with E-state index in [4.69, 9.17) is 9.47 Å². The Hall–Kier alpha value is -3.40. The molecule has 7 nitrogen and oxygen atoms in total. The Morgan fingerprint density at radius 1 is 1.21 bits per heavy atom. The number of carbonyl (C=O) groups is 2. The van der Waals surface area contributed by atoms with Gasteiger partial charge in [-0.3, -0.25) is 4.98 Å². The number of pyridine rings is 1. The summed E-state index contributed by atoms with van der Waals surface area (Å²) >= 11 is 0.